The fourth-order valence-electron chi connectivity index (χ4n) is 1.85. The molecule has 8 heteroatoms. The minimum Gasteiger partial charge on any atom is -0.378 e. The third-order valence-corrected chi connectivity index (χ3v) is 4.54. The molecule has 0 spiro atoms. The Hall–Kier alpha value is -1.68. The highest BCUT2D eigenvalue weighted by atomic mass is 127. The average Bonchev–Trinajstić information content (AvgIpc) is 2.77. The van der Waals surface area contributed by atoms with Crippen LogP contribution in [0.25, 0.3) is 0 Å². The average molecular weight is 430 g/mol. The van der Waals surface area contributed by atoms with Gasteiger partial charge < -0.3 is 10.6 Å². The van der Waals surface area contributed by atoms with Crippen molar-refractivity contribution in [2.75, 3.05) is 23.0 Å². The van der Waals surface area contributed by atoms with Crippen LogP contribution in [0.1, 0.15) is 23.0 Å². The molecule has 2 rings (SSSR count). The van der Waals surface area contributed by atoms with Gasteiger partial charge in [-0.25, -0.2) is 4.98 Å². The number of rotatable bonds is 4. The fourth-order valence-corrected chi connectivity index (χ4v) is 3.16. The first-order valence-electron chi connectivity index (χ1n) is 6.44. The fraction of sp³-hybridized carbons (Fsp3) is 0.214. The van der Waals surface area contributed by atoms with Crippen LogP contribution in [0.15, 0.2) is 18.2 Å². The van der Waals surface area contributed by atoms with E-state index >= 15 is 0 Å². The number of carbonyl (C=O) groups is 2. The summed E-state index contributed by atoms with van der Waals surface area (Å²) in [6, 6.07) is 5.25. The quantitative estimate of drug-likeness (QED) is 0.651. The van der Waals surface area contributed by atoms with E-state index in [1.807, 2.05) is 13.0 Å². The normalized spacial score (nSPS) is 10.2. The summed E-state index contributed by atoms with van der Waals surface area (Å²) in [5.74, 6) is -0.532. The Kier molecular flexibility index (Phi) is 5.35. The molecule has 0 radical (unpaired) electrons. The zero-order valence-electron chi connectivity index (χ0n) is 12.3. The van der Waals surface area contributed by atoms with Crippen LogP contribution in [0, 0.1) is 10.5 Å². The van der Waals surface area contributed by atoms with Crippen molar-refractivity contribution >= 4 is 61.6 Å². The first kappa shape index (κ1) is 16.7. The Morgan fingerprint density at radius 3 is 2.59 bits per heavy atom. The molecule has 1 aromatic carbocycles. The van der Waals surface area contributed by atoms with Crippen molar-refractivity contribution in [2.24, 2.45) is 0 Å². The molecular formula is C14H15IN4O2S. The van der Waals surface area contributed by atoms with Crippen molar-refractivity contribution in [3.63, 3.8) is 0 Å². The molecule has 0 atom stereocenters. The SMILES string of the molecule is CNc1sc(NC(=O)c2ccc(I)cc2NC(C)=O)nc1C. The summed E-state index contributed by atoms with van der Waals surface area (Å²) >= 11 is 3.49. The monoisotopic (exact) mass is 430 g/mol. The van der Waals surface area contributed by atoms with Gasteiger partial charge in [-0.1, -0.05) is 11.3 Å². The van der Waals surface area contributed by atoms with Crippen LogP contribution in [0.2, 0.25) is 0 Å². The molecule has 0 aliphatic carbocycles. The van der Waals surface area contributed by atoms with Gasteiger partial charge in [-0.3, -0.25) is 14.9 Å². The van der Waals surface area contributed by atoms with Gasteiger partial charge in [-0.05, 0) is 47.7 Å². The number of nitrogens with one attached hydrogen (secondary N) is 3. The zero-order chi connectivity index (χ0) is 16.3. The Morgan fingerprint density at radius 2 is 2.00 bits per heavy atom. The molecule has 2 amide bonds. The Labute approximate surface area is 145 Å². The number of hydrogen-bond acceptors (Lipinski definition) is 5. The van der Waals surface area contributed by atoms with Gasteiger partial charge in [-0.2, -0.15) is 0 Å². The summed E-state index contributed by atoms with van der Waals surface area (Å²) in [6.07, 6.45) is 0. The number of nitrogens with zero attached hydrogens (tertiary/aromatic N) is 1. The van der Waals surface area contributed by atoms with Crippen molar-refractivity contribution in [2.45, 2.75) is 13.8 Å². The Morgan fingerprint density at radius 1 is 1.27 bits per heavy atom. The van der Waals surface area contributed by atoms with E-state index in [4.69, 9.17) is 0 Å². The van der Waals surface area contributed by atoms with Crippen LogP contribution < -0.4 is 16.0 Å². The topological polar surface area (TPSA) is 83.1 Å². The van der Waals surface area contributed by atoms with E-state index in [9.17, 15) is 9.59 Å². The van der Waals surface area contributed by atoms with Crippen LogP contribution in [-0.4, -0.2) is 23.8 Å². The van der Waals surface area contributed by atoms with E-state index in [-0.39, 0.29) is 11.8 Å². The Balaban J connectivity index is 2.26. The summed E-state index contributed by atoms with van der Waals surface area (Å²) < 4.78 is 0.931. The van der Waals surface area contributed by atoms with Gasteiger partial charge in [-0.15, -0.1) is 0 Å². The second kappa shape index (κ2) is 7.05. The summed E-state index contributed by atoms with van der Waals surface area (Å²) in [7, 11) is 1.81. The predicted molar refractivity (Wildman–Crippen MR) is 97.8 cm³/mol. The minimum absolute atomic E-state index is 0.224. The van der Waals surface area contributed by atoms with Gasteiger partial charge in [0.15, 0.2) is 5.13 Å². The lowest BCUT2D eigenvalue weighted by molar-refractivity contribution is -0.114. The molecule has 0 saturated carbocycles. The van der Waals surface area contributed by atoms with Crippen molar-refractivity contribution in [3.05, 3.63) is 33.0 Å². The molecule has 6 nitrogen and oxygen atoms in total. The first-order chi connectivity index (χ1) is 10.4. The number of aromatic nitrogens is 1. The predicted octanol–water partition coefficient (Wildman–Crippen LogP) is 3.31. The van der Waals surface area contributed by atoms with Gasteiger partial charge in [0.1, 0.15) is 5.00 Å². The Bertz CT molecular complexity index is 730. The lowest BCUT2D eigenvalue weighted by Crippen LogP contribution is -2.16. The number of halogens is 1. The molecule has 0 unspecified atom stereocenters. The molecular weight excluding hydrogens is 415 g/mol. The smallest absolute Gasteiger partial charge is 0.259 e. The second-order valence-electron chi connectivity index (χ2n) is 4.51. The summed E-state index contributed by atoms with van der Waals surface area (Å²) in [5.41, 5.74) is 1.71. The number of thiazole rings is 1. The lowest BCUT2D eigenvalue weighted by atomic mass is 10.1. The number of carbonyl (C=O) groups excluding carboxylic acids is 2. The molecule has 0 bridgehead atoms. The number of benzene rings is 1. The van der Waals surface area contributed by atoms with E-state index in [1.165, 1.54) is 18.3 Å². The zero-order valence-corrected chi connectivity index (χ0v) is 15.3. The third-order valence-electron chi connectivity index (χ3n) is 2.78. The first-order valence-corrected chi connectivity index (χ1v) is 8.34. The van der Waals surface area contributed by atoms with E-state index in [1.54, 1.807) is 19.2 Å². The number of aryl methyl sites for hydroxylation is 1. The molecule has 0 saturated heterocycles. The largest absolute Gasteiger partial charge is 0.378 e. The molecule has 0 aliphatic rings. The van der Waals surface area contributed by atoms with Crippen LogP contribution >= 0.6 is 33.9 Å². The van der Waals surface area contributed by atoms with Crippen molar-refractivity contribution < 1.29 is 9.59 Å². The molecule has 1 aromatic heterocycles. The number of hydrogen-bond donors (Lipinski definition) is 3. The van der Waals surface area contributed by atoms with Gasteiger partial charge in [0.05, 0.1) is 16.9 Å². The highest BCUT2D eigenvalue weighted by Gasteiger charge is 2.15. The van der Waals surface area contributed by atoms with E-state index < -0.39 is 0 Å². The van der Waals surface area contributed by atoms with Gasteiger partial charge >= 0.3 is 0 Å². The maximum atomic E-state index is 12.4. The van der Waals surface area contributed by atoms with Crippen LogP contribution in [-0.2, 0) is 4.79 Å². The summed E-state index contributed by atoms with van der Waals surface area (Å²) in [4.78, 5) is 28.0. The molecule has 22 heavy (non-hydrogen) atoms. The highest BCUT2D eigenvalue weighted by Crippen LogP contribution is 2.28. The van der Waals surface area contributed by atoms with Crippen molar-refractivity contribution in [1.29, 1.82) is 0 Å². The second-order valence-corrected chi connectivity index (χ2v) is 6.75. The highest BCUT2D eigenvalue weighted by molar-refractivity contribution is 14.1. The van der Waals surface area contributed by atoms with E-state index in [0.29, 0.717) is 16.4 Å². The minimum atomic E-state index is -0.309. The molecule has 116 valence electrons. The van der Waals surface area contributed by atoms with Gasteiger partial charge in [0, 0.05) is 17.5 Å². The summed E-state index contributed by atoms with van der Waals surface area (Å²) in [5, 5.41) is 9.87. The van der Waals surface area contributed by atoms with Gasteiger partial charge in [0.2, 0.25) is 5.91 Å². The number of anilines is 3. The molecule has 0 aliphatic heterocycles. The van der Waals surface area contributed by atoms with Crippen LogP contribution in [0.5, 0.6) is 0 Å². The van der Waals surface area contributed by atoms with Crippen molar-refractivity contribution in [3.8, 4) is 0 Å². The van der Waals surface area contributed by atoms with Gasteiger partial charge in [0.25, 0.3) is 5.91 Å². The van der Waals surface area contributed by atoms with Crippen LogP contribution in [0.3, 0.4) is 0 Å². The lowest BCUT2D eigenvalue weighted by Gasteiger charge is -2.09. The third kappa shape index (κ3) is 3.95. The van der Waals surface area contributed by atoms with E-state index in [2.05, 4.69) is 43.5 Å². The molecule has 0 fully saturated rings. The standard InChI is InChI=1S/C14H15IN4O2S/c1-7-13(16-3)22-14(17-7)19-12(21)10-5-4-9(15)6-11(10)18-8(2)20/h4-6,16H,1-3H3,(H,18,20)(H,17,19,21). The summed E-state index contributed by atoms with van der Waals surface area (Å²) in [6.45, 7) is 3.27. The maximum Gasteiger partial charge on any atom is 0.259 e. The molecule has 3 N–H and O–H groups in total. The molecule has 1 heterocycles. The molecule has 2 aromatic rings. The number of amides is 2. The van der Waals surface area contributed by atoms with E-state index in [0.717, 1.165) is 14.3 Å². The maximum absolute atomic E-state index is 12.4. The van der Waals surface area contributed by atoms with Crippen LogP contribution in [0.4, 0.5) is 15.8 Å². The van der Waals surface area contributed by atoms with Crippen molar-refractivity contribution in [1.82, 2.24) is 4.98 Å².